The van der Waals surface area contributed by atoms with Crippen LogP contribution in [0.1, 0.15) is 29.3 Å². The maximum atomic E-state index is 12.5. The molecule has 158 valence electrons. The Bertz CT molecular complexity index is 1110. The molecule has 0 atom stereocenters. The average Bonchev–Trinajstić information content (AvgIpc) is 3.08. The van der Waals surface area contributed by atoms with E-state index < -0.39 is 15.7 Å². The average molecular weight is 448 g/mol. The van der Waals surface area contributed by atoms with Crippen molar-refractivity contribution >= 4 is 38.0 Å². The summed E-state index contributed by atoms with van der Waals surface area (Å²) < 4.78 is 29.9. The smallest absolute Gasteiger partial charge is 0.226 e. The molecule has 2 amide bonds. The number of nitrogens with one attached hydrogen (secondary N) is 1. The number of thiophene rings is 1. The van der Waals surface area contributed by atoms with Gasteiger partial charge in [-0.25, -0.2) is 8.42 Å². The van der Waals surface area contributed by atoms with Crippen molar-refractivity contribution in [1.29, 1.82) is 5.26 Å². The van der Waals surface area contributed by atoms with Gasteiger partial charge in [-0.15, -0.1) is 11.3 Å². The first kappa shape index (κ1) is 21.8. The molecule has 0 bridgehead atoms. The van der Waals surface area contributed by atoms with Gasteiger partial charge in [-0.1, -0.05) is 0 Å². The van der Waals surface area contributed by atoms with Gasteiger partial charge < -0.3 is 15.0 Å². The molecule has 0 aliphatic carbocycles. The molecular formula is C20H21N3O5S2. The minimum absolute atomic E-state index is 0.0399. The Morgan fingerprint density at radius 1 is 1.30 bits per heavy atom. The molecule has 0 saturated heterocycles. The summed E-state index contributed by atoms with van der Waals surface area (Å²) in [5, 5.41) is 12.6. The monoisotopic (exact) mass is 447 g/mol. The molecule has 0 fully saturated rings. The second kappa shape index (κ2) is 8.85. The summed E-state index contributed by atoms with van der Waals surface area (Å²) in [4.78, 5) is 26.7. The maximum absolute atomic E-state index is 12.5. The zero-order valence-corrected chi connectivity index (χ0v) is 18.2. The van der Waals surface area contributed by atoms with E-state index in [0.29, 0.717) is 35.8 Å². The lowest BCUT2D eigenvalue weighted by Crippen LogP contribution is -2.33. The number of fused-ring (bicyclic) bond motifs is 1. The van der Waals surface area contributed by atoms with Crippen LogP contribution in [-0.2, 0) is 32.4 Å². The van der Waals surface area contributed by atoms with Crippen LogP contribution < -0.4 is 10.1 Å². The van der Waals surface area contributed by atoms with Crippen LogP contribution in [0.4, 0.5) is 5.00 Å². The van der Waals surface area contributed by atoms with E-state index in [1.165, 1.54) is 37.5 Å². The van der Waals surface area contributed by atoms with E-state index >= 15 is 0 Å². The molecule has 1 aliphatic rings. The van der Waals surface area contributed by atoms with Gasteiger partial charge in [0.15, 0.2) is 9.84 Å². The predicted molar refractivity (Wildman–Crippen MR) is 112 cm³/mol. The lowest BCUT2D eigenvalue weighted by atomic mass is 10.0. The SMILES string of the molecule is COc1ccc(S(=O)(=O)CCC(=O)Nc2sc3c(c2C#N)CCN(C(C)=O)C3)cc1. The van der Waals surface area contributed by atoms with Gasteiger partial charge in [0.05, 0.1) is 29.9 Å². The van der Waals surface area contributed by atoms with Crippen molar-refractivity contribution in [3.8, 4) is 11.8 Å². The number of anilines is 1. The summed E-state index contributed by atoms with van der Waals surface area (Å²) in [6, 6.07) is 8.10. The van der Waals surface area contributed by atoms with Gasteiger partial charge in [0.1, 0.15) is 16.8 Å². The first-order valence-electron chi connectivity index (χ1n) is 9.22. The van der Waals surface area contributed by atoms with Gasteiger partial charge in [-0.2, -0.15) is 5.26 Å². The standard InChI is InChI=1S/C20H21N3O5S2/c1-13(24)23-9-7-16-17(11-21)20(29-18(16)12-23)22-19(25)8-10-30(26,27)15-5-3-14(28-2)4-6-15/h3-6H,7-10,12H2,1-2H3,(H,22,25). The molecule has 1 N–H and O–H groups in total. The van der Waals surface area contributed by atoms with E-state index in [2.05, 4.69) is 11.4 Å². The summed E-state index contributed by atoms with van der Waals surface area (Å²) in [6.07, 6.45) is 0.317. The van der Waals surface area contributed by atoms with Gasteiger partial charge in [0.2, 0.25) is 11.8 Å². The predicted octanol–water partition coefficient (Wildman–Crippen LogP) is 2.34. The number of amides is 2. The van der Waals surface area contributed by atoms with Crippen LogP contribution in [-0.4, -0.2) is 44.5 Å². The molecule has 0 unspecified atom stereocenters. The number of carbonyl (C=O) groups is 2. The summed E-state index contributed by atoms with van der Waals surface area (Å²) >= 11 is 1.26. The van der Waals surface area contributed by atoms with Crippen LogP contribution in [0.2, 0.25) is 0 Å². The summed E-state index contributed by atoms with van der Waals surface area (Å²) in [7, 11) is -2.14. The third kappa shape index (κ3) is 4.63. The Hall–Kier alpha value is -2.90. The Balaban J connectivity index is 1.68. The minimum atomic E-state index is -3.63. The van der Waals surface area contributed by atoms with Crippen molar-refractivity contribution in [3.05, 3.63) is 40.3 Å². The van der Waals surface area contributed by atoms with Gasteiger partial charge in [0.25, 0.3) is 0 Å². The fourth-order valence-corrected chi connectivity index (χ4v) is 5.67. The number of sulfone groups is 1. The van der Waals surface area contributed by atoms with Gasteiger partial charge in [0, 0.05) is 24.8 Å². The number of methoxy groups -OCH3 is 1. The van der Waals surface area contributed by atoms with E-state index in [4.69, 9.17) is 4.74 Å². The third-order valence-corrected chi connectivity index (χ3v) is 7.75. The van der Waals surface area contributed by atoms with Crippen molar-refractivity contribution in [1.82, 2.24) is 4.90 Å². The van der Waals surface area contributed by atoms with E-state index in [9.17, 15) is 23.3 Å². The first-order chi connectivity index (χ1) is 14.2. The molecule has 2 aromatic rings. The molecule has 8 nitrogen and oxygen atoms in total. The van der Waals surface area contributed by atoms with Crippen molar-refractivity contribution in [3.63, 3.8) is 0 Å². The van der Waals surface area contributed by atoms with Crippen LogP contribution in [0.15, 0.2) is 29.2 Å². The highest BCUT2D eigenvalue weighted by Crippen LogP contribution is 2.36. The Kier molecular flexibility index (Phi) is 6.43. The van der Waals surface area contributed by atoms with Crippen molar-refractivity contribution in [2.45, 2.75) is 31.2 Å². The molecule has 30 heavy (non-hydrogen) atoms. The highest BCUT2D eigenvalue weighted by Gasteiger charge is 2.26. The van der Waals surface area contributed by atoms with E-state index in [0.717, 1.165) is 10.4 Å². The zero-order valence-electron chi connectivity index (χ0n) is 16.6. The number of rotatable bonds is 6. The molecule has 1 aromatic heterocycles. The second-order valence-electron chi connectivity index (χ2n) is 6.80. The summed E-state index contributed by atoms with van der Waals surface area (Å²) in [5.74, 6) is -0.329. The Morgan fingerprint density at radius 3 is 2.60 bits per heavy atom. The fraction of sp³-hybridized carbons (Fsp3) is 0.350. The van der Waals surface area contributed by atoms with E-state index in [1.54, 1.807) is 17.0 Å². The fourth-order valence-electron chi connectivity index (χ4n) is 3.20. The number of ether oxygens (including phenoxy) is 1. The third-order valence-electron chi connectivity index (χ3n) is 4.88. The Morgan fingerprint density at radius 2 is 2.00 bits per heavy atom. The highest BCUT2D eigenvalue weighted by atomic mass is 32.2. The minimum Gasteiger partial charge on any atom is -0.497 e. The normalized spacial score (nSPS) is 13.3. The molecule has 0 spiro atoms. The lowest BCUT2D eigenvalue weighted by molar-refractivity contribution is -0.129. The summed E-state index contributed by atoms with van der Waals surface area (Å²) in [6.45, 7) is 2.43. The molecule has 3 rings (SSSR count). The molecule has 0 radical (unpaired) electrons. The molecule has 0 saturated carbocycles. The second-order valence-corrected chi connectivity index (χ2v) is 10.0. The number of hydrogen-bond donors (Lipinski definition) is 1. The number of benzene rings is 1. The Labute approximate surface area is 179 Å². The van der Waals surface area contributed by atoms with Crippen molar-refractivity contribution < 1.29 is 22.7 Å². The number of carbonyl (C=O) groups excluding carboxylic acids is 2. The number of nitrogens with zero attached hydrogens (tertiary/aromatic N) is 2. The van der Waals surface area contributed by atoms with Gasteiger partial charge in [-0.3, -0.25) is 9.59 Å². The number of nitriles is 1. The molecule has 2 heterocycles. The van der Waals surface area contributed by atoms with Crippen LogP contribution in [0, 0.1) is 11.3 Å². The van der Waals surface area contributed by atoms with Crippen molar-refractivity contribution in [2.75, 3.05) is 24.7 Å². The quantitative estimate of drug-likeness (QED) is 0.726. The van der Waals surface area contributed by atoms with Crippen LogP contribution in [0.5, 0.6) is 5.75 Å². The van der Waals surface area contributed by atoms with E-state index in [-0.39, 0.29) is 23.0 Å². The highest BCUT2D eigenvalue weighted by molar-refractivity contribution is 7.91. The topological polar surface area (TPSA) is 117 Å². The number of hydrogen-bond acceptors (Lipinski definition) is 7. The van der Waals surface area contributed by atoms with E-state index in [1.807, 2.05) is 0 Å². The molecule has 10 heteroatoms. The molecule has 1 aromatic carbocycles. The lowest BCUT2D eigenvalue weighted by Gasteiger charge is -2.25. The van der Waals surface area contributed by atoms with Gasteiger partial charge in [-0.05, 0) is 36.2 Å². The van der Waals surface area contributed by atoms with Crippen LogP contribution >= 0.6 is 11.3 Å². The van der Waals surface area contributed by atoms with Crippen molar-refractivity contribution in [2.24, 2.45) is 0 Å². The largest absolute Gasteiger partial charge is 0.497 e. The molecule has 1 aliphatic heterocycles. The van der Waals surface area contributed by atoms with Crippen LogP contribution in [0.25, 0.3) is 0 Å². The first-order valence-corrected chi connectivity index (χ1v) is 11.7. The van der Waals surface area contributed by atoms with Crippen LogP contribution in [0.3, 0.4) is 0 Å². The maximum Gasteiger partial charge on any atom is 0.226 e. The summed E-state index contributed by atoms with van der Waals surface area (Å²) in [5.41, 5.74) is 1.24. The zero-order chi connectivity index (χ0) is 21.9. The molecular weight excluding hydrogens is 426 g/mol. The van der Waals surface area contributed by atoms with Gasteiger partial charge >= 0.3 is 0 Å².